The lowest BCUT2D eigenvalue weighted by atomic mass is 9.54. The maximum absolute atomic E-state index is 13.5. The number of nitrogens with zero attached hydrogens (tertiary/aromatic N) is 2. The van der Waals surface area contributed by atoms with Crippen LogP contribution in [-0.4, -0.2) is 50.6 Å². The van der Waals surface area contributed by atoms with Crippen LogP contribution in [0.25, 0.3) is 10.8 Å². The number of fused-ring (bicyclic) bond motifs is 6. The summed E-state index contributed by atoms with van der Waals surface area (Å²) in [5, 5.41) is 29.7. The van der Waals surface area contributed by atoms with Gasteiger partial charge in [0.1, 0.15) is 0 Å². The average molecular weight is 638 g/mol. The van der Waals surface area contributed by atoms with Crippen LogP contribution in [0.2, 0.25) is 0 Å². The van der Waals surface area contributed by atoms with Gasteiger partial charge in [-0.05, 0) is 104 Å². The fourth-order valence-corrected chi connectivity index (χ4v) is 11.6. The summed E-state index contributed by atoms with van der Waals surface area (Å²) in [6, 6.07) is 11.0. The topological polar surface area (TPSA) is 102 Å². The Hall–Kier alpha value is -2.16. The number of aliphatic hydroxyl groups excluding tert-OH is 1. The molecule has 8 heteroatoms. The van der Waals surface area contributed by atoms with Crippen molar-refractivity contribution in [2.75, 3.05) is 19.0 Å². The van der Waals surface area contributed by atoms with Crippen LogP contribution in [0.4, 0.5) is 5.69 Å². The van der Waals surface area contributed by atoms with Gasteiger partial charge in [0.25, 0.3) is 10.0 Å². The van der Waals surface area contributed by atoms with Gasteiger partial charge in [-0.2, -0.15) is 13.5 Å². The lowest BCUT2D eigenvalue weighted by Crippen LogP contribution is -2.54. The molecule has 4 saturated carbocycles. The second kappa shape index (κ2) is 11.8. The zero-order chi connectivity index (χ0) is 32.4. The fourth-order valence-electron chi connectivity index (χ4n) is 10.8. The van der Waals surface area contributed by atoms with Crippen LogP contribution >= 0.6 is 0 Å². The van der Waals surface area contributed by atoms with Crippen LogP contribution in [0.3, 0.4) is 0 Å². The molecule has 3 unspecified atom stereocenters. The third kappa shape index (κ3) is 5.41. The molecule has 0 spiro atoms. The molecule has 4 aliphatic rings. The highest BCUT2D eigenvalue weighted by molar-refractivity contribution is 7.89. The number of rotatable bonds is 9. The smallest absolute Gasteiger partial charge is 0.276 e. The van der Waals surface area contributed by atoms with Crippen molar-refractivity contribution in [1.29, 1.82) is 0 Å². The molecule has 0 aromatic heterocycles. The van der Waals surface area contributed by atoms with E-state index in [0.29, 0.717) is 30.6 Å². The molecule has 0 aliphatic heterocycles. The summed E-state index contributed by atoms with van der Waals surface area (Å²) in [5.41, 5.74) is -0.204. The van der Waals surface area contributed by atoms with Crippen molar-refractivity contribution in [1.82, 2.24) is 4.83 Å². The quantitative estimate of drug-likeness (QED) is 0.204. The molecular weight excluding hydrogens is 582 g/mol. The summed E-state index contributed by atoms with van der Waals surface area (Å²) >= 11 is 0. The number of hydrogen-bond donors (Lipinski definition) is 3. The molecule has 45 heavy (non-hydrogen) atoms. The Balaban J connectivity index is 1.29. The highest BCUT2D eigenvalue weighted by atomic mass is 32.2. The zero-order valence-electron chi connectivity index (χ0n) is 28.2. The highest BCUT2D eigenvalue weighted by Gasteiger charge is 2.71. The SMILES string of the molecule is CC(C)CCC[C@H]1CCC2C3C(CC[C@@]21C)[C@@]1(C)CC[C@H](O)C[C@@]1(O)[C@@H]3/C=N/NS(=O)(=O)c1ccc2c(N(C)C)cccc2c1. The van der Waals surface area contributed by atoms with Crippen molar-refractivity contribution in [3.8, 4) is 0 Å². The first-order chi connectivity index (χ1) is 21.2. The lowest BCUT2D eigenvalue weighted by molar-refractivity contribution is -0.141. The number of aliphatic hydroxyl groups is 2. The minimum atomic E-state index is -3.93. The molecule has 0 bridgehead atoms. The fraction of sp³-hybridized carbons (Fsp3) is 0.703. The number of hydrazone groups is 1. The predicted molar refractivity (Wildman–Crippen MR) is 183 cm³/mol. The number of anilines is 1. The monoisotopic (exact) mass is 637 g/mol. The van der Waals surface area contributed by atoms with E-state index < -0.39 is 21.7 Å². The zero-order valence-corrected chi connectivity index (χ0v) is 29.0. The van der Waals surface area contributed by atoms with Crippen molar-refractivity contribution in [3.63, 3.8) is 0 Å². The Morgan fingerprint density at radius 3 is 2.58 bits per heavy atom. The van der Waals surface area contributed by atoms with Gasteiger partial charge < -0.3 is 15.1 Å². The van der Waals surface area contributed by atoms with Crippen molar-refractivity contribution in [2.45, 2.75) is 109 Å². The van der Waals surface area contributed by atoms with Crippen molar-refractivity contribution in [3.05, 3.63) is 36.4 Å². The third-order valence-electron chi connectivity index (χ3n) is 13.2. The van der Waals surface area contributed by atoms with E-state index in [0.717, 1.165) is 41.6 Å². The van der Waals surface area contributed by atoms with Gasteiger partial charge >= 0.3 is 0 Å². The van der Waals surface area contributed by atoms with Crippen molar-refractivity contribution >= 4 is 32.7 Å². The summed E-state index contributed by atoms with van der Waals surface area (Å²) in [7, 11) is 0.0172. The predicted octanol–water partition coefficient (Wildman–Crippen LogP) is 6.97. The van der Waals surface area contributed by atoms with Crippen LogP contribution in [0.1, 0.15) is 91.9 Å². The second-order valence-corrected chi connectivity index (χ2v) is 17.8. The van der Waals surface area contributed by atoms with Gasteiger partial charge in [0.2, 0.25) is 0 Å². The molecule has 0 heterocycles. The molecule has 3 N–H and O–H groups in total. The molecule has 0 saturated heterocycles. The Kier molecular flexibility index (Phi) is 8.61. The van der Waals surface area contributed by atoms with Gasteiger partial charge in [-0.1, -0.05) is 58.7 Å². The van der Waals surface area contributed by atoms with E-state index in [1.165, 1.54) is 32.1 Å². The van der Waals surface area contributed by atoms with Gasteiger partial charge in [-0.3, -0.25) is 0 Å². The summed E-state index contributed by atoms with van der Waals surface area (Å²) < 4.78 is 27.0. The Labute approximate surface area is 270 Å². The number of hydrogen-bond acceptors (Lipinski definition) is 6. The molecule has 4 fully saturated rings. The van der Waals surface area contributed by atoms with Crippen LogP contribution in [0.15, 0.2) is 46.4 Å². The van der Waals surface area contributed by atoms with Crippen molar-refractivity contribution in [2.24, 2.45) is 51.4 Å². The lowest BCUT2D eigenvalue weighted by Gasteiger charge is -2.52. The largest absolute Gasteiger partial charge is 0.393 e. The minimum absolute atomic E-state index is 0.161. The van der Waals surface area contributed by atoms with Crippen molar-refractivity contribution < 1.29 is 18.6 Å². The number of benzene rings is 2. The van der Waals surface area contributed by atoms with E-state index >= 15 is 0 Å². The van der Waals surface area contributed by atoms with Gasteiger partial charge in [0, 0.05) is 49.1 Å². The van der Waals surface area contributed by atoms with Gasteiger partial charge in [0.05, 0.1) is 16.6 Å². The van der Waals surface area contributed by atoms with Gasteiger partial charge in [0.15, 0.2) is 0 Å². The first-order valence-corrected chi connectivity index (χ1v) is 18.8. The maximum atomic E-state index is 13.5. The van der Waals surface area contributed by atoms with E-state index in [-0.39, 0.29) is 27.6 Å². The summed E-state index contributed by atoms with van der Waals surface area (Å²) in [6.45, 7) is 9.35. The summed E-state index contributed by atoms with van der Waals surface area (Å²) in [4.78, 5) is 4.69. The molecule has 0 radical (unpaired) electrons. The Morgan fingerprint density at radius 2 is 1.84 bits per heavy atom. The number of nitrogens with one attached hydrogen (secondary N) is 1. The Morgan fingerprint density at radius 1 is 1.07 bits per heavy atom. The van der Waals surface area contributed by atoms with Crippen LogP contribution in [0.5, 0.6) is 0 Å². The standard InChI is InChI=1S/C37H55N3O4S/c1-24(2)9-7-11-26-13-16-30-34-31(18-19-35(26,30)3)36(4)20-17-27(41)22-37(36,42)32(34)23-38-39-45(43,44)28-14-15-29-25(21-28)10-8-12-33(29)40(5)6/h8,10,12,14-15,21,23-24,26-27,30-32,34,39,41-42H,7,9,11,13,16-20,22H2,1-6H3/b38-23+/t26-,27-,30?,31?,32+,34?,35+,36+,37+/m0/s1. The van der Waals surface area contributed by atoms with Gasteiger partial charge in [-0.15, -0.1) is 0 Å². The summed E-state index contributed by atoms with van der Waals surface area (Å²) in [6.07, 6.45) is 11.4. The molecule has 2 aromatic rings. The number of sulfonamides is 1. The molecule has 7 nitrogen and oxygen atoms in total. The first-order valence-electron chi connectivity index (χ1n) is 17.4. The van der Waals surface area contributed by atoms with Crippen LogP contribution in [-0.2, 0) is 10.0 Å². The van der Waals surface area contributed by atoms with E-state index in [1.807, 2.05) is 43.3 Å². The van der Waals surface area contributed by atoms with E-state index in [1.54, 1.807) is 18.3 Å². The Bertz CT molecular complexity index is 1540. The molecule has 248 valence electrons. The normalized spacial score (nSPS) is 38.0. The highest BCUT2D eigenvalue weighted by Crippen LogP contribution is 2.72. The molecule has 0 amide bonds. The van der Waals surface area contributed by atoms with Crippen LogP contribution < -0.4 is 9.73 Å². The third-order valence-corrected chi connectivity index (χ3v) is 14.4. The second-order valence-electron chi connectivity index (χ2n) is 16.1. The maximum Gasteiger partial charge on any atom is 0.276 e. The summed E-state index contributed by atoms with van der Waals surface area (Å²) in [5.74, 6) is 2.11. The molecule has 6 rings (SSSR count). The van der Waals surface area contributed by atoms with Gasteiger partial charge in [-0.25, -0.2) is 4.83 Å². The molecule has 9 atom stereocenters. The molecule has 2 aromatic carbocycles. The van der Waals surface area contributed by atoms with Crippen LogP contribution in [0, 0.1) is 46.3 Å². The average Bonchev–Trinajstić information content (AvgIpc) is 3.40. The van der Waals surface area contributed by atoms with E-state index in [4.69, 9.17) is 0 Å². The first kappa shape index (κ1) is 32.8. The molecule has 4 aliphatic carbocycles. The van der Waals surface area contributed by atoms with E-state index in [9.17, 15) is 18.6 Å². The van der Waals surface area contributed by atoms with E-state index in [2.05, 4.69) is 37.6 Å². The minimum Gasteiger partial charge on any atom is -0.393 e. The molecular formula is C37H55N3O4S.